The number of hydrogen-bond acceptors (Lipinski definition) is 3. The standard InChI is InChI=1S/C19H24N2O2/c1-11-3-6-18-16(7-11)17(21-23-18)10-19(22)20-12(2)15-9-13-4-5-14(15)8-13/h3,6-7,12-15H,4-5,8-10H2,1-2H3,(H,20,22). The Morgan fingerprint density at radius 1 is 1.39 bits per heavy atom. The molecule has 0 spiro atoms. The molecule has 2 saturated carbocycles. The van der Waals surface area contributed by atoms with Crippen molar-refractivity contribution in [1.29, 1.82) is 0 Å². The molecule has 23 heavy (non-hydrogen) atoms. The molecule has 4 nitrogen and oxygen atoms in total. The van der Waals surface area contributed by atoms with E-state index in [0.717, 1.165) is 34.1 Å². The summed E-state index contributed by atoms with van der Waals surface area (Å²) in [7, 11) is 0. The van der Waals surface area contributed by atoms with Crippen LogP contribution >= 0.6 is 0 Å². The molecule has 2 aliphatic carbocycles. The Morgan fingerprint density at radius 2 is 2.26 bits per heavy atom. The second-order valence-corrected chi connectivity index (χ2v) is 7.50. The number of aromatic nitrogens is 1. The van der Waals surface area contributed by atoms with E-state index in [-0.39, 0.29) is 11.9 Å². The van der Waals surface area contributed by atoms with E-state index in [1.807, 2.05) is 25.1 Å². The van der Waals surface area contributed by atoms with E-state index in [0.29, 0.717) is 12.3 Å². The summed E-state index contributed by atoms with van der Waals surface area (Å²) in [5, 5.41) is 8.24. The first-order valence-electron chi connectivity index (χ1n) is 8.74. The van der Waals surface area contributed by atoms with Crippen LogP contribution in [0.3, 0.4) is 0 Å². The second-order valence-electron chi connectivity index (χ2n) is 7.50. The zero-order valence-electron chi connectivity index (χ0n) is 13.8. The molecule has 1 aromatic heterocycles. The number of aryl methyl sites for hydroxylation is 1. The fraction of sp³-hybridized carbons (Fsp3) is 0.579. The number of nitrogens with one attached hydrogen (secondary N) is 1. The van der Waals surface area contributed by atoms with Crippen LogP contribution in [0.1, 0.15) is 43.9 Å². The summed E-state index contributed by atoms with van der Waals surface area (Å²) in [5.74, 6) is 2.45. The number of carbonyl (C=O) groups excluding carboxylic acids is 1. The molecular formula is C19H24N2O2. The Kier molecular flexibility index (Phi) is 3.63. The molecule has 4 atom stereocenters. The first-order chi connectivity index (χ1) is 11.1. The Balaban J connectivity index is 1.42. The van der Waals surface area contributed by atoms with Crippen LogP contribution in [-0.4, -0.2) is 17.1 Å². The van der Waals surface area contributed by atoms with Gasteiger partial charge in [0.25, 0.3) is 0 Å². The van der Waals surface area contributed by atoms with Crippen LogP contribution in [0, 0.1) is 24.7 Å². The molecule has 0 saturated heterocycles. The largest absolute Gasteiger partial charge is 0.356 e. The zero-order valence-corrected chi connectivity index (χ0v) is 13.8. The van der Waals surface area contributed by atoms with E-state index in [9.17, 15) is 4.79 Å². The van der Waals surface area contributed by atoms with E-state index < -0.39 is 0 Å². The van der Waals surface area contributed by atoms with Gasteiger partial charge in [-0.05, 0) is 63.0 Å². The van der Waals surface area contributed by atoms with Crippen LogP contribution in [0.25, 0.3) is 11.0 Å². The molecule has 1 amide bonds. The van der Waals surface area contributed by atoms with Gasteiger partial charge in [0.15, 0.2) is 5.58 Å². The van der Waals surface area contributed by atoms with Gasteiger partial charge in [-0.25, -0.2) is 0 Å². The van der Waals surface area contributed by atoms with E-state index in [1.165, 1.54) is 25.7 Å². The minimum absolute atomic E-state index is 0.0528. The smallest absolute Gasteiger partial charge is 0.226 e. The summed E-state index contributed by atoms with van der Waals surface area (Å²) < 4.78 is 5.32. The number of nitrogens with zero attached hydrogens (tertiary/aromatic N) is 1. The zero-order chi connectivity index (χ0) is 16.0. The van der Waals surface area contributed by atoms with Crippen LogP contribution < -0.4 is 5.32 Å². The van der Waals surface area contributed by atoms with Crippen molar-refractivity contribution in [3.8, 4) is 0 Å². The van der Waals surface area contributed by atoms with E-state index in [1.54, 1.807) is 0 Å². The molecule has 2 bridgehead atoms. The van der Waals surface area contributed by atoms with E-state index >= 15 is 0 Å². The monoisotopic (exact) mass is 312 g/mol. The molecule has 4 unspecified atom stereocenters. The van der Waals surface area contributed by atoms with Crippen LogP contribution in [0.4, 0.5) is 0 Å². The third kappa shape index (κ3) is 2.75. The predicted molar refractivity (Wildman–Crippen MR) is 89.0 cm³/mol. The second kappa shape index (κ2) is 5.66. The minimum Gasteiger partial charge on any atom is -0.356 e. The molecule has 1 heterocycles. The first kappa shape index (κ1) is 14.7. The van der Waals surface area contributed by atoms with E-state index in [4.69, 9.17) is 4.52 Å². The van der Waals surface area contributed by atoms with E-state index in [2.05, 4.69) is 17.4 Å². The van der Waals surface area contributed by atoms with Gasteiger partial charge < -0.3 is 9.84 Å². The number of rotatable bonds is 4. The normalized spacial score (nSPS) is 27.5. The molecule has 4 heteroatoms. The lowest BCUT2D eigenvalue weighted by Crippen LogP contribution is -2.40. The summed E-state index contributed by atoms with van der Waals surface area (Å²) in [5.41, 5.74) is 2.64. The van der Waals surface area contributed by atoms with Gasteiger partial charge in [-0.15, -0.1) is 0 Å². The summed E-state index contributed by atoms with van der Waals surface area (Å²) in [4.78, 5) is 12.4. The number of amides is 1. The summed E-state index contributed by atoms with van der Waals surface area (Å²) in [6.45, 7) is 4.20. The van der Waals surface area contributed by atoms with Crippen LogP contribution in [0.5, 0.6) is 0 Å². The summed E-state index contributed by atoms with van der Waals surface area (Å²) in [6, 6.07) is 6.21. The van der Waals surface area contributed by atoms with Gasteiger partial charge in [0, 0.05) is 11.4 Å². The molecule has 2 aromatic rings. The molecule has 122 valence electrons. The highest BCUT2D eigenvalue weighted by Crippen LogP contribution is 2.49. The Morgan fingerprint density at radius 3 is 3.00 bits per heavy atom. The lowest BCUT2D eigenvalue weighted by molar-refractivity contribution is -0.121. The topological polar surface area (TPSA) is 55.1 Å². The molecule has 1 aromatic carbocycles. The molecular weight excluding hydrogens is 288 g/mol. The van der Waals surface area contributed by atoms with Gasteiger partial charge in [-0.3, -0.25) is 4.79 Å². The van der Waals surface area contributed by atoms with Gasteiger partial charge >= 0.3 is 0 Å². The number of carbonyl (C=O) groups is 1. The number of benzene rings is 1. The highest BCUT2D eigenvalue weighted by Gasteiger charge is 2.42. The number of hydrogen-bond donors (Lipinski definition) is 1. The van der Waals surface area contributed by atoms with Gasteiger partial charge in [-0.2, -0.15) is 0 Å². The Bertz CT molecular complexity index is 736. The maximum Gasteiger partial charge on any atom is 0.226 e. The van der Waals surface area contributed by atoms with Crippen molar-refractivity contribution in [3.05, 3.63) is 29.5 Å². The maximum atomic E-state index is 12.4. The molecule has 0 radical (unpaired) electrons. The quantitative estimate of drug-likeness (QED) is 0.938. The molecule has 4 rings (SSSR count). The summed E-state index contributed by atoms with van der Waals surface area (Å²) >= 11 is 0. The fourth-order valence-corrected chi connectivity index (χ4v) is 4.70. The lowest BCUT2D eigenvalue weighted by Gasteiger charge is -2.28. The van der Waals surface area contributed by atoms with Crippen molar-refractivity contribution in [2.45, 2.75) is 52.0 Å². The van der Waals surface area contributed by atoms with Crippen LogP contribution in [-0.2, 0) is 11.2 Å². The third-order valence-corrected chi connectivity index (χ3v) is 5.85. The predicted octanol–water partition coefficient (Wildman–Crippen LogP) is 3.62. The first-order valence-corrected chi connectivity index (χ1v) is 8.74. The lowest BCUT2D eigenvalue weighted by atomic mass is 9.84. The van der Waals surface area contributed by atoms with Crippen molar-refractivity contribution >= 4 is 16.9 Å². The highest BCUT2D eigenvalue weighted by molar-refractivity contribution is 5.86. The van der Waals surface area contributed by atoms with Crippen molar-refractivity contribution in [2.75, 3.05) is 0 Å². The molecule has 1 N–H and O–H groups in total. The van der Waals surface area contributed by atoms with Crippen molar-refractivity contribution in [1.82, 2.24) is 10.5 Å². The summed E-state index contributed by atoms with van der Waals surface area (Å²) in [6.07, 6.45) is 5.70. The average Bonchev–Trinajstić information content (AvgIpc) is 3.23. The van der Waals surface area contributed by atoms with Crippen molar-refractivity contribution in [2.24, 2.45) is 17.8 Å². The molecule has 2 aliphatic rings. The molecule has 2 fully saturated rings. The van der Waals surface area contributed by atoms with Crippen LogP contribution in [0.2, 0.25) is 0 Å². The van der Waals surface area contributed by atoms with Gasteiger partial charge in [0.2, 0.25) is 5.91 Å². The fourth-order valence-electron chi connectivity index (χ4n) is 4.70. The van der Waals surface area contributed by atoms with Gasteiger partial charge in [0.05, 0.1) is 6.42 Å². The minimum atomic E-state index is 0.0528. The van der Waals surface area contributed by atoms with Crippen molar-refractivity contribution in [3.63, 3.8) is 0 Å². The average molecular weight is 312 g/mol. The van der Waals surface area contributed by atoms with Gasteiger partial charge in [-0.1, -0.05) is 23.2 Å². The Hall–Kier alpha value is -1.84. The van der Waals surface area contributed by atoms with Crippen LogP contribution in [0.15, 0.2) is 22.7 Å². The maximum absolute atomic E-state index is 12.4. The Labute approximate surface area is 136 Å². The van der Waals surface area contributed by atoms with Crippen molar-refractivity contribution < 1.29 is 9.32 Å². The third-order valence-electron chi connectivity index (χ3n) is 5.85. The SMILES string of the molecule is Cc1ccc2onc(CC(=O)NC(C)C3CC4CCC3C4)c2c1. The number of fused-ring (bicyclic) bond motifs is 3. The highest BCUT2D eigenvalue weighted by atomic mass is 16.5. The van der Waals surface area contributed by atoms with Gasteiger partial charge in [0.1, 0.15) is 5.69 Å². The molecule has 0 aliphatic heterocycles.